The number of halogens is 2. The second-order valence-corrected chi connectivity index (χ2v) is 6.30. The Labute approximate surface area is 134 Å². The zero-order chi connectivity index (χ0) is 14.9. The standard InChI is InChI=1S/C17H18BrClO/c1-10-6-5-7-11(2)16(10)17(19)13-9-14(18)12(3)8-15(13)20-4/h5-9,17H,1-4H3. The van der Waals surface area contributed by atoms with Gasteiger partial charge in [-0.2, -0.15) is 0 Å². The van der Waals surface area contributed by atoms with Gasteiger partial charge in [0, 0.05) is 10.0 Å². The fraction of sp³-hybridized carbons (Fsp3) is 0.294. The first kappa shape index (κ1) is 15.4. The maximum absolute atomic E-state index is 6.75. The summed E-state index contributed by atoms with van der Waals surface area (Å²) in [6.07, 6.45) is 0. The molecule has 1 unspecified atom stereocenters. The van der Waals surface area contributed by atoms with Gasteiger partial charge in [0.15, 0.2) is 0 Å². The number of hydrogen-bond donors (Lipinski definition) is 0. The molecule has 0 aliphatic heterocycles. The zero-order valence-electron chi connectivity index (χ0n) is 12.1. The molecule has 106 valence electrons. The molecule has 1 nitrogen and oxygen atoms in total. The molecule has 0 spiro atoms. The summed E-state index contributed by atoms with van der Waals surface area (Å²) in [7, 11) is 1.68. The van der Waals surface area contributed by atoms with Gasteiger partial charge in [0.1, 0.15) is 5.75 Å². The first-order valence-electron chi connectivity index (χ1n) is 6.50. The molecule has 2 rings (SSSR count). The lowest BCUT2D eigenvalue weighted by Gasteiger charge is -2.19. The SMILES string of the molecule is COc1cc(C)c(Br)cc1C(Cl)c1c(C)cccc1C. The van der Waals surface area contributed by atoms with Crippen molar-refractivity contribution in [1.82, 2.24) is 0 Å². The van der Waals surface area contributed by atoms with Crippen molar-refractivity contribution in [3.05, 3.63) is 62.6 Å². The summed E-state index contributed by atoms with van der Waals surface area (Å²) in [4.78, 5) is 0. The summed E-state index contributed by atoms with van der Waals surface area (Å²) in [5.74, 6) is 0.827. The molecule has 0 amide bonds. The van der Waals surface area contributed by atoms with Gasteiger partial charge in [0.05, 0.1) is 12.5 Å². The van der Waals surface area contributed by atoms with E-state index in [1.54, 1.807) is 7.11 Å². The van der Waals surface area contributed by atoms with E-state index in [-0.39, 0.29) is 5.38 Å². The topological polar surface area (TPSA) is 9.23 Å². The average molecular weight is 354 g/mol. The van der Waals surface area contributed by atoms with E-state index in [4.69, 9.17) is 16.3 Å². The maximum Gasteiger partial charge on any atom is 0.124 e. The predicted octanol–water partition coefficient (Wildman–Crippen LogP) is 5.71. The Morgan fingerprint density at radius 3 is 2.20 bits per heavy atom. The molecule has 0 heterocycles. The first-order chi connectivity index (χ1) is 9.45. The molecule has 0 aliphatic carbocycles. The fourth-order valence-corrected chi connectivity index (χ4v) is 3.30. The minimum atomic E-state index is -0.219. The van der Waals surface area contributed by atoms with Crippen LogP contribution >= 0.6 is 27.5 Å². The van der Waals surface area contributed by atoms with Crippen LogP contribution < -0.4 is 4.74 Å². The van der Waals surface area contributed by atoms with Gasteiger partial charge in [-0.05, 0) is 55.2 Å². The molecule has 0 aromatic heterocycles. The minimum absolute atomic E-state index is 0.219. The number of benzene rings is 2. The Bertz CT molecular complexity index is 617. The Morgan fingerprint density at radius 2 is 1.65 bits per heavy atom. The molecule has 0 aliphatic rings. The fourth-order valence-electron chi connectivity index (χ4n) is 2.43. The Balaban J connectivity index is 2.59. The summed E-state index contributed by atoms with van der Waals surface area (Å²) < 4.78 is 6.54. The van der Waals surface area contributed by atoms with E-state index in [1.165, 1.54) is 11.1 Å². The van der Waals surface area contributed by atoms with Crippen LogP contribution in [0.4, 0.5) is 0 Å². The number of rotatable bonds is 3. The molecular weight excluding hydrogens is 336 g/mol. The average Bonchev–Trinajstić information content (AvgIpc) is 2.41. The van der Waals surface area contributed by atoms with Crippen molar-refractivity contribution in [2.45, 2.75) is 26.1 Å². The smallest absolute Gasteiger partial charge is 0.124 e. The highest BCUT2D eigenvalue weighted by atomic mass is 79.9. The van der Waals surface area contributed by atoms with Gasteiger partial charge in [-0.15, -0.1) is 11.6 Å². The zero-order valence-corrected chi connectivity index (χ0v) is 14.5. The first-order valence-corrected chi connectivity index (χ1v) is 7.73. The third-order valence-electron chi connectivity index (χ3n) is 3.58. The van der Waals surface area contributed by atoms with Crippen LogP contribution in [0.5, 0.6) is 5.75 Å². The summed E-state index contributed by atoms with van der Waals surface area (Å²) in [6, 6.07) is 10.3. The lowest BCUT2D eigenvalue weighted by Crippen LogP contribution is -2.02. The highest BCUT2D eigenvalue weighted by Crippen LogP contribution is 2.40. The van der Waals surface area contributed by atoms with E-state index >= 15 is 0 Å². The number of ether oxygens (including phenoxy) is 1. The van der Waals surface area contributed by atoms with Crippen molar-refractivity contribution in [2.75, 3.05) is 7.11 Å². The molecule has 2 aromatic rings. The van der Waals surface area contributed by atoms with Crippen LogP contribution in [0.1, 0.15) is 33.2 Å². The normalized spacial score (nSPS) is 12.3. The second-order valence-electron chi connectivity index (χ2n) is 5.01. The quantitative estimate of drug-likeness (QED) is 0.642. The van der Waals surface area contributed by atoms with Gasteiger partial charge in [-0.3, -0.25) is 0 Å². The highest BCUT2D eigenvalue weighted by Gasteiger charge is 2.20. The van der Waals surface area contributed by atoms with Crippen molar-refractivity contribution in [3.63, 3.8) is 0 Å². The third-order valence-corrected chi connectivity index (χ3v) is 4.89. The lowest BCUT2D eigenvalue weighted by molar-refractivity contribution is 0.409. The van der Waals surface area contributed by atoms with Gasteiger partial charge >= 0.3 is 0 Å². The lowest BCUT2D eigenvalue weighted by atomic mass is 9.94. The van der Waals surface area contributed by atoms with E-state index in [1.807, 2.05) is 13.0 Å². The molecule has 0 saturated heterocycles. The largest absolute Gasteiger partial charge is 0.496 e. The summed E-state index contributed by atoms with van der Waals surface area (Å²) in [6.45, 7) is 6.22. The van der Waals surface area contributed by atoms with Crippen LogP contribution in [0.3, 0.4) is 0 Å². The number of methoxy groups -OCH3 is 1. The van der Waals surface area contributed by atoms with Crippen LogP contribution in [-0.4, -0.2) is 7.11 Å². The molecule has 1 atom stereocenters. The van der Waals surface area contributed by atoms with Crippen LogP contribution in [0.15, 0.2) is 34.8 Å². The molecule has 0 radical (unpaired) electrons. The third kappa shape index (κ3) is 2.87. The van der Waals surface area contributed by atoms with E-state index in [0.29, 0.717) is 0 Å². The Hall–Kier alpha value is -0.990. The number of hydrogen-bond acceptors (Lipinski definition) is 1. The molecule has 0 fully saturated rings. The van der Waals surface area contributed by atoms with Crippen LogP contribution in [0.2, 0.25) is 0 Å². The molecule has 0 bridgehead atoms. The van der Waals surface area contributed by atoms with Gasteiger partial charge in [-0.1, -0.05) is 34.1 Å². The van der Waals surface area contributed by atoms with Gasteiger partial charge < -0.3 is 4.74 Å². The van der Waals surface area contributed by atoms with E-state index in [0.717, 1.165) is 26.9 Å². The van der Waals surface area contributed by atoms with Crippen molar-refractivity contribution in [2.24, 2.45) is 0 Å². The van der Waals surface area contributed by atoms with Gasteiger partial charge in [0.2, 0.25) is 0 Å². The minimum Gasteiger partial charge on any atom is -0.496 e. The van der Waals surface area contributed by atoms with Gasteiger partial charge in [-0.25, -0.2) is 0 Å². The Kier molecular flexibility index (Phi) is 4.77. The molecule has 2 aromatic carbocycles. The predicted molar refractivity (Wildman–Crippen MR) is 89.0 cm³/mol. The van der Waals surface area contributed by atoms with Gasteiger partial charge in [0.25, 0.3) is 0 Å². The van der Waals surface area contributed by atoms with Crippen molar-refractivity contribution < 1.29 is 4.74 Å². The Morgan fingerprint density at radius 1 is 1.05 bits per heavy atom. The van der Waals surface area contributed by atoms with E-state index in [9.17, 15) is 0 Å². The molecule has 3 heteroatoms. The second kappa shape index (κ2) is 6.19. The highest BCUT2D eigenvalue weighted by molar-refractivity contribution is 9.10. The van der Waals surface area contributed by atoms with E-state index in [2.05, 4.69) is 54.0 Å². The molecular formula is C17H18BrClO. The van der Waals surface area contributed by atoms with Crippen molar-refractivity contribution in [1.29, 1.82) is 0 Å². The molecule has 0 saturated carbocycles. The monoisotopic (exact) mass is 352 g/mol. The van der Waals surface area contributed by atoms with Crippen LogP contribution in [0.25, 0.3) is 0 Å². The summed E-state index contributed by atoms with van der Waals surface area (Å²) in [5, 5.41) is -0.219. The van der Waals surface area contributed by atoms with Crippen molar-refractivity contribution >= 4 is 27.5 Å². The van der Waals surface area contributed by atoms with Crippen LogP contribution in [-0.2, 0) is 0 Å². The maximum atomic E-state index is 6.75. The molecule has 0 N–H and O–H groups in total. The van der Waals surface area contributed by atoms with Crippen molar-refractivity contribution in [3.8, 4) is 5.75 Å². The van der Waals surface area contributed by atoms with E-state index < -0.39 is 0 Å². The molecule has 20 heavy (non-hydrogen) atoms. The summed E-state index contributed by atoms with van der Waals surface area (Å²) in [5.41, 5.74) is 5.68. The summed E-state index contributed by atoms with van der Waals surface area (Å²) >= 11 is 10.3. The van der Waals surface area contributed by atoms with Crippen LogP contribution in [0, 0.1) is 20.8 Å². The number of alkyl halides is 1. The number of aryl methyl sites for hydroxylation is 3.